The van der Waals surface area contributed by atoms with Crippen molar-refractivity contribution >= 4 is 5.82 Å². The molecule has 3 atom stereocenters. The summed E-state index contributed by atoms with van der Waals surface area (Å²) in [5, 5.41) is 8.22. The molecule has 1 N–H and O–H groups in total. The smallest absolute Gasteiger partial charge is 0.126 e. The summed E-state index contributed by atoms with van der Waals surface area (Å²) >= 11 is 0. The summed E-state index contributed by atoms with van der Waals surface area (Å²) in [5.41, 5.74) is 4.08. The molecule has 33 heavy (non-hydrogen) atoms. The van der Waals surface area contributed by atoms with Crippen LogP contribution in [0.5, 0.6) is 0 Å². The van der Waals surface area contributed by atoms with Gasteiger partial charge >= 0.3 is 0 Å². The molecule has 5 nitrogen and oxygen atoms in total. The van der Waals surface area contributed by atoms with E-state index >= 15 is 0 Å². The molecule has 0 amide bonds. The molecule has 8 rings (SSSR count). The van der Waals surface area contributed by atoms with Gasteiger partial charge in [-0.2, -0.15) is 5.10 Å². The van der Waals surface area contributed by atoms with E-state index in [2.05, 4.69) is 40.6 Å². The Hall–Kier alpha value is -1.88. The van der Waals surface area contributed by atoms with E-state index in [9.17, 15) is 0 Å². The number of anilines is 1. The van der Waals surface area contributed by atoms with Crippen molar-refractivity contribution in [2.45, 2.75) is 64.3 Å². The Morgan fingerprint density at radius 1 is 0.970 bits per heavy atom. The highest BCUT2D eigenvalue weighted by atomic mass is 15.2. The number of hydrogen-bond donors (Lipinski definition) is 1. The average molecular weight is 446 g/mol. The summed E-state index contributed by atoms with van der Waals surface area (Å²) in [6, 6.07) is 4.91. The van der Waals surface area contributed by atoms with E-state index in [1.54, 1.807) is 38.5 Å². The number of nitrogens with one attached hydrogen (secondary N) is 1. The Kier molecular flexibility index (Phi) is 4.69. The third-order valence-electron chi connectivity index (χ3n) is 9.99. The quantitative estimate of drug-likeness (QED) is 0.693. The van der Waals surface area contributed by atoms with Crippen LogP contribution in [0.3, 0.4) is 0 Å². The van der Waals surface area contributed by atoms with Gasteiger partial charge in [0.25, 0.3) is 0 Å². The number of pyridine rings is 1. The lowest BCUT2D eigenvalue weighted by Gasteiger charge is -2.57. The summed E-state index contributed by atoms with van der Waals surface area (Å²) in [5.74, 6) is 6.02. The van der Waals surface area contributed by atoms with E-state index in [-0.39, 0.29) is 0 Å². The minimum absolute atomic E-state index is 0.583. The summed E-state index contributed by atoms with van der Waals surface area (Å²) < 4.78 is 1.88. The molecule has 5 saturated carbocycles. The molecule has 1 saturated heterocycles. The summed E-state index contributed by atoms with van der Waals surface area (Å²) in [4.78, 5) is 7.63. The summed E-state index contributed by atoms with van der Waals surface area (Å²) in [7, 11) is 1.97. The maximum absolute atomic E-state index is 4.74. The molecule has 6 aliphatic rings. The van der Waals surface area contributed by atoms with Crippen molar-refractivity contribution in [2.75, 3.05) is 25.0 Å². The SMILES string of the molecule is Cc1nn(C)cc1-c1ccc(N[C@H]2C[C@@H]3CN(CC45CC6CC(CC(C6)C4)C5)C[C@@H]3C2)nc1. The Labute approximate surface area is 198 Å². The number of aromatic nitrogens is 3. The van der Waals surface area contributed by atoms with Crippen LogP contribution >= 0.6 is 0 Å². The van der Waals surface area contributed by atoms with Gasteiger partial charge in [-0.05, 0) is 105 Å². The van der Waals surface area contributed by atoms with Crippen LogP contribution in [-0.4, -0.2) is 45.3 Å². The van der Waals surface area contributed by atoms with Gasteiger partial charge in [-0.3, -0.25) is 4.68 Å². The highest BCUT2D eigenvalue weighted by molar-refractivity contribution is 5.65. The molecular weight excluding hydrogens is 406 g/mol. The van der Waals surface area contributed by atoms with E-state index in [4.69, 9.17) is 4.98 Å². The molecule has 0 radical (unpaired) electrons. The minimum atomic E-state index is 0.583. The van der Waals surface area contributed by atoms with Crippen molar-refractivity contribution in [3.63, 3.8) is 0 Å². The number of hydrogen-bond acceptors (Lipinski definition) is 4. The highest BCUT2D eigenvalue weighted by Gasteiger charge is 2.52. The monoisotopic (exact) mass is 445 g/mol. The first kappa shape index (κ1) is 20.5. The number of fused-ring (bicyclic) bond motifs is 1. The summed E-state index contributed by atoms with van der Waals surface area (Å²) in [6.45, 7) is 6.16. The van der Waals surface area contributed by atoms with Crippen molar-refractivity contribution in [1.29, 1.82) is 0 Å². The molecular formula is C28H39N5. The van der Waals surface area contributed by atoms with Crippen molar-refractivity contribution < 1.29 is 0 Å². The second-order valence-corrected chi connectivity index (χ2v) is 12.7. The van der Waals surface area contributed by atoms with Gasteiger partial charge in [0.1, 0.15) is 5.82 Å². The fourth-order valence-electron chi connectivity index (χ4n) is 9.33. The third kappa shape index (κ3) is 3.71. The zero-order valence-electron chi connectivity index (χ0n) is 20.3. The molecule has 0 unspecified atom stereocenters. The highest BCUT2D eigenvalue weighted by Crippen LogP contribution is 2.60. The van der Waals surface area contributed by atoms with Gasteiger partial charge in [0.15, 0.2) is 0 Å². The Morgan fingerprint density at radius 2 is 1.64 bits per heavy atom. The zero-order chi connectivity index (χ0) is 22.2. The molecule has 2 aromatic heterocycles. The Bertz CT molecular complexity index is 974. The number of aryl methyl sites for hydroxylation is 2. The van der Waals surface area contributed by atoms with Crippen molar-refractivity contribution in [3.05, 3.63) is 30.2 Å². The first-order valence-corrected chi connectivity index (χ1v) is 13.5. The lowest BCUT2D eigenvalue weighted by molar-refractivity contribution is -0.0672. The Morgan fingerprint density at radius 3 is 2.18 bits per heavy atom. The van der Waals surface area contributed by atoms with Gasteiger partial charge in [-0.25, -0.2) is 4.98 Å². The van der Waals surface area contributed by atoms with Gasteiger partial charge in [0.05, 0.1) is 5.69 Å². The van der Waals surface area contributed by atoms with Gasteiger partial charge in [0, 0.05) is 56.2 Å². The first-order chi connectivity index (χ1) is 16.0. The van der Waals surface area contributed by atoms with Crippen LogP contribution in [0.2, 0.25) is 0 Å². The van der Waals surface area contributed by atoms with E-state index in [1.165, 1.54) is 38.0 Å². The molecule has 5 aliphatic carbocycles. The maximum Gasteiger partial charge on any atom is 0.126 e. The predicted molar refractivity (Wildman–Crippen MR) is 132 cm³/mol. The molecule has 2 aromatic rings. The van der Waals surface area contributed by atoms with Crippen LogP contribution in [0.15, 0.2) is 24.5 Å². The topological polar surface area (TPSA) is 46.0 Å². The van der Waals surface area contributed by atoms with Crippen molar-refractivity contribution in [3.8, 4) is 11.1 Å². The average Bonchev–Trinajstić information content (AvgIpc) is 3.39. The molecule has 176 valence electrons. The minimum Gasteiger partial charge on any atom is -0.367 e. The van der Waals surface area contributed by atoms with E-state index in [1.807, 2.05) is 17.9 Å². The standard InChI is InChI=1S/C28H39N5/c1-18-26(16-32(2)31-18)22-3-4-27(29-13-22)30-25-8-23-14-33(15-24(23)9-25)17-28-10-19-5-20(11-28)7-21(6-19)12-28/h3-4,13,16,19-21,23-25H,5-12,14-15,17H2,1-2H3,(H,29,30)/t19?,20?,21?,23-,24+,25+,28?. The van der Waals surface area contributed by atoms with Crippen LogP contribution in [0.4, 0.5) is 5.82 Å². The zero-order valence-corrected chi connectivity index (χ0v) is 20.3. The largest absolute Gasteiger partial charge is 0.367 e. The molecule has 1 aliphatic heterocycles. The van der Waals surface area contributed by atoms with Crippen LogP contribution in [0, 0.1) is 41.9 Å². The second-order valence-electron chi connectivity index (χ2n) is 12.7. The fraction of sp³-hybridized carbons (Fsp3) is 0.714. The van der Waals surface area contributed by atoms with Crippen LogP contribution in [-0.2, 0) is 7.05 Å². The lowest BCUT2D eigenvalue weighted by Crippen LogP contribution is -2.51. The maximum atomic E-state index is 4.74. The molecule has 5 heteroatoms. The number of likely N-dealkylation sites (tertiary alicyclic amines) is 1. The Balaban J connectivity index is 0.947. The fourth-order valence-corrected chi connectivity index (χ4v) is 9.33. The van der Waals surface area contributed by atoms with Crippen LogP contribution < -0.4 is 5.32 Å². The molecule has 6 fully saturated rings. The predicted octanol–water partition coefficient (Wildman–Crippen LogP) is 5.13. The van der Waals surface area contributed by atoms with Crippen LogP contribution in [0.1, 0.15) is 57.1 Å². The van der Waals surface area contributed by atoms with Gasteiger partial charge < -0.3 is 10.2 Å². The normalized spacial score (nSPS) is 39.3. The van der Waals surface area contributed by atoms with Crippen molar-refractivity contribution in [2.24, 2.45) is 42.1 Å². The lowest BCUT2D eigenvalue weighted by atomic mass is 9.49. The van der Waals surface area contributed by atoms with Gasteiger partial charge in [0.2, 0.25) is 0 Å². The van der Waals surface area contributed by atoms with Gasteiger partial charge in [-0.1, -0.05) is 0 Å². The third-order valence-corrected chi connectivity index (χ3v) is 9.99. The molecule has 0 spiro atoms. The number of rotatable bonds is 5. The second kappa shape index (κ2) is 7.56. The molecule has 0 aromatic carbocycles. The van der Waals surface area contributed by atoms with E-state index in [0.29, 0.717) is 11.5 Å². The van der Waals surface area contributed by atoms with Crippen molar-refractivity contribution in [1.82, 2.24) is 19.7 Å². The van der Waals surface area contributed by atoms with Crippen LogP contribution in [0.25, 0.3) is 11.1 Å². The molecule has 4 bridgehead atoms. The number of nitrogens with zero attached hydrogens (tertiary/aromatic N) is 4. The first-order valence-electron chi connectivity index (χ1n) is 13.5. The van der Waals surface area contributed by atoms with E-state index in [0.717, 1.165) is 46.7 Å². The van der Waals surface area contributed by atoms with E-state index < -0.39 is 0 Å². The molecule has 3 heterocycles. The summed E-state index contributed by atoms with van der Waals surface area (Å²) in [6.07, 6.45) is 16.0. The van der Waals surface area contributed by atoms with Gasteiger partial charge in [-0.15, -0.1) is 0 Å².